The lowest BCUT2D eigenvalue weighted by molar-refractivity contribution is 0.0472. The molecule has 5 heteroatoms. The molecule has 2 aromatic carbocycles. The van der Waals surface area contributed by atoms with Gasteiger partial charge in [0, 0.05) is 0 Å². The Balaban J connectivity index is 2.05. The Morgan fingerprint density at radius 3 is 2.80 bits per heavy atom. The van der Waals surface area contributed by atoms with Gasteiger partial charge in [-0.1, -0.05) is 12.1 Å². The maximum atomic E-state index is 13.2. The highest BCUT2D eigenvalue weighted by Crippen LogP contribution is 2.14. The molecule has 2 aromatic rings. The first-order valence-electron chi connectivity index (χ1n) is 5.81. The molecule has 2 N–H and O–H groups in total. The number of benzene rings is 2. The highest BCUT2D eigenvalue weighted by molar-refractivity contribution is 5.89. The Bertz CT molecular complexity index is 693. The van der Waals surface area contributed by atoms with Gasteiger partial charge in [0.1, 0.15) is 12.4 Å². The largest absolute Gasteiger partial charge is 0.457 e. The van der Waals surface area contributed by atoms with E-state index in [0.717, 1.165) is 6.07 Å². The Labute approximate surface area is 115 Å². The predicted molar refractivity (Wildman–Crippen MR) is 71.1 cm³/mol. The second-order valence-corrected chi connectivity index (χ2v) is 4.12. The lowest BCUT2D eigenvalue weighted by atomic mass is 10.1. The van der Waals surface area contributed by atoms with Crippen molar-refractivity contribution < 1.29 is 13.9 Å². The predicted octanol–water partition coefficient (Wildman–Crippen LogP) is 2.64. The molecule has 2 rings (SSSR count). The summed E-state index contributed by atoms with van der Waals surface area (Å²) in [6, 6.07) is 12.4. The van der Waals surface area contributed by atoms with Crippen LogP contribution in [0.3, 0.4) is 0 Å². The van der Waals surface area contributed by atoms with E-state index in [4.69, 9.17) is 15.7 Å². The van der Waals surface area contributed by atoms with Crippen LogP contribution in [0.25, 0.3) is 0 Å². The van der Waals surface area contributed by atoms with E-state index in [1.54, 1.807) is 24.3 Å². The highest BCUT2D eigenvalue weighted by Gasteiger charge is 2.10. The number of nitrogens with zero attached hydrogens (tertiary/aromatic N) is 1. The maximum absolute atomic E-state index is 13.2. The fourth-order valence-electron chi connectivity index (χ4n) is 1.62. The van der Waals surface area contributed by atoms with Gasteiger partial charge in [-0.05, 0) is 35.9 Å². The zero-order valence-corrected chi connectivity index (χ0v) is 10.5. The van der Waals surface area contributed by atoms with Crippen LogP contribution in [0, 0.1) is 17.1 Å². The van der Waals surface area contributed by atoms with E-state index in [-0.39, 0.29) is 17.9 Å². The zero-order valence-electron chi connectivity index (χ0n) is 10.5. The van der Waals surface area contributed by atoms with Gasteiger partial charge in [0.2, 0.25) is 0 Å². The third-order valence-corrected chi connectivity index (χ3v) is 2.66. The van der Waals surface area contributed by atoms with E-state index in [1.165, 1.54) is 12.1 Å². The summed E-state index contributed by atoms with van der Waals surface area (Å²) < 4.78 is 18.3. The van der Waals surface area contributed by atoms with Gasteiger partial charge < -0.3 is 10.5 Å². The van der Waals surface area contributed by atoms with Gasteiger partial charge >= 0.3 is 5.97 Å². The van der Waals surface area contributed by atoms with Crippen molar-refractivity contribution in [3.8, 4) is 6.07 Å². The summed E-state index contributed by atoms with van der Waals surface area (Å²) in [6.45, 7) is 0.0142. The number of ether oxygens (including phenoxy) is 1. The van der Waals surface area contributed by atoms with Crippen molar-refractivity contribution in [1.29, 1.82) is 5.26 Å². The fourth-order valence-corrected chi connectivity index (χ4v) is 1.62. The normalized spacial score (nSPS) is 9.80. The first-order chi connectivity index (χ1) is 9.60. The molecule has 100 valence electrons. The second-order valence-electron chi connectivity index (χ2n) is 4.12. The molecule has 0 radical (unpaired) electrons. The minimum Gasteiger partial charge on any atom is -0.457 e. The van der Waals surface area contributed by atoms with Crippen LogP contribution < -0.4 is 5.73 Å². The van der Waals surface area contributed by atoms with E-state index in [2.05, 4.69) is 0 Å². The van der Waals surface area contributed by atoms with Crippen molar-refractivity contribution in [3.63, 3.8) is 0 Å². The van der Waals surface area contributed by atoms with Gasteiger partial charge in [-0.15, -0.1) is 0 Å². The summed E-state index contributed by atoms with van der Waals surface area (Å²) in [5, 5.41) is 8.76. The van der Waals surface area contributed by atoms with E-state index in [9.17, 15) is 9.18 Å². The van der Waals surface area contributed by atoms with Crippen LogP contribution >= 0.6 is 0 Å². The quantitative estimate of drug-likeness (QED) is 0.687. The van der Waals surface area contributed by atoms with Crippen LogP contribution in [-0.2, 0) is 11.3 Å². The molecule has 0 unspecified atom stereocenters. The molecule has 0 aliphatic heterocycles. The Morgan fingerprint density at radius 2 is 2.10 bits per heavy atom. The molecule has 0 aromatic heterocycles. The van der Waals surface area contributed by atoms with Crippen LogP contribution in [0.1, 0.15) is 21.5 Å². The van der Waals surface area contributed by atoms with Gasteiger partial charge in [0.15, 0.2) is 0 Å². The second kappa shape index (κ2) is 5.85. The number of hydrogen-bond donors (Lipinski definition) is 1. The van der Waals surface area contributed by atoms with Crippen molar-refractivity contribution in [2.75, 3.05) is 5.73 Å². The minimum absolute atomic E-state index is 0.0142. The van der Waals surface area contributed by atoms with E-state index in [0.29, 0.717) is 11.1 Å². The number of esters is 1. The van der Waals surface area contributed by atoms with Gasteiger partial charge in [-0.2, -0.15) is 5.26 Å². The number of anilines is 1. The molecular weight excluding hydrogens is 259 g/mol. The molecule has 0 amide bonds. The summed E-state index contributed by atoms with van der Waals surface area (Å²) in [5.74, 6) is -1.31. The lowest BCUT2D eigenvalue weighted by Gasteiger charge is -2.06. The van der Waals surface area contributed by atoms with Crippen molar-refractivity contribution in [3.05, 3.63) is 65.0 Å². The Kier molecular flexibility index (Phi) is 3.96. The molecule has 0 atom stereocenters. The van der Waals surface area contributed by atoms with Gasteiger partial charge in [0.05, 0.1) is 22.9 Å². The van der Waals surface area contributed by atoms with Crippen LogP contribution in [-0.4, -0.2) is 5.97 Å². The Hall–Kier alpha value is -2.87. The van der Waals surface area contributed by atoms with Crippen LogP contribution in [0.15, 0.2) is 42.5 Å². The Morgan fingerprint density at radius 1 is 1.30 bits per heavy atom. The standard InChI is InChI=1S/C15H11FN2O2/c16-13-7-12(4-5-14(13)18)15(19)20-9-11-3-1-2-10(6-11)8-17/h1-7H,9,18H2. The maximum Gasteiger partial charge on any atom is 0.338 e. The molecule has 0 aliphatic carbocycles. The van der Waals surface area contributed by atoms with Crippen molar-refractivity contribution in [2.45, 2.75) is 6.61 Å². The van der Waals surface area contributed by atoms with Crippen molar-refractivity contribution in [2.24, 2.45) is 0 Å². The molecular formula is C15H11FN2O2. The molecule has 0 aliphatic rings. The number of hydrogen-bond acceptors (Lipinski definition) is 4. The number of carbonyl (C=O) groups is 1. The summed E-state index contributed by atoms with van der Waals surface area (Å²) in [6.07, 6.45) is 0. The molecule has 0 bridgehead atoms. The van der Waals surface area contributed by atoms with E-state index >= 15 is 0 Å². The summed E-state index contributed by atoms with van der Waals surface area (Å²) in [7, 11) is 0. The number of carbonyl (C=O) groups excluding carboxylic acids is 1. The number of rotatable bonds is 3. The summed E-state index contributed by atoms with van der Waals surface area (Å²) in [5.41, 5.74) is 6.57. The zero-order chi connectivity index (χ0) is 14.5. The smallest absolute Gasteiger partial charge is 0.338 e. The topological polar surface area (TPSA) is 76.1 Å². The number of halogens is 1. The van der Waals surface area contributed by atoms with E-state index < -0.39 is 11.8 Å². The fraction of sp³-hybridized carbons (Fsp3) is 0.0667. The average Bonchev–Trinajstić information content (AvgIpc) is 2.47. The average molecular weight is 270 g/mol. The summed E-state index contributed by atoms with van der Waals surface area (Å²) in [4.78, 5) is 11.7. The third kappa shape index (κ3) is 3.12. The molecule has 4 nitrogen and oxygen atoms in total. The monoisotopic (exact) mass is 270 g/mol. The van der Waals surface area contributed by atoms with Gasteiger partial charge in [-0.3, -0.25) is 0 Å². The highest BCUT2D eigenvalue weighted by atomic mass is 19.1. The first kappa shape index (κ1) is 13.6. The molecule has 0 fully saturated rings. The van der Waals surface area contributed by atoms with Crippen LogP contribution in [0.2, 0.25) is 0 Å². The summed E-state index contributed by atoms with van der Waals surface area (Å²) >= 11 is 0. The van der Waals surface area contributed by atoms with E-state index in [1.807, 2.05) is 6.07 Å². The number of nitrogen functional groups attached to an aromatic ring is 1. The van der Waals surface area contributed by atoms with Crippen LogP contribution in [0.4, 0.5) is 10.1 Å². The van der Waals surface area contributed by atoms with Crippen molar-refractivity contribution >= 4 is 11.7 Å². The molecule has 0 saturated heterocycles. The van der Waals surface area contributed by atoms with Gasteiger partial charge in [0.25, 0.3) is 0 Å². The molecule has 0 heterocycles. The van der Waals surface area contributed by atoms with Gasteiger partial charge in [-0.25, -0.2) is 9.18 Å². The first-order valence-corrected chi connectivity index (χ1v) is 5.81. The van der Waals surface area contributed by atoms with Crippen molar-refractivity contribution in [1.82, 2.24) is 0 Å². The molecule has 0 spiro atoms. The third-order valence-electron chi connectivity index (χ3n) is 2.66. The number of nitriles is 1. The molecule has 0 saturated carbocycles. The SMILES string of the molecule is N#Cc1cccc(COC(=O)c2ccc(N)c(F)c2)c1. The van der Waals surface area contributed by atoms with Crippen LogP contribution in [0.5, 0.6) is 0 Å². The lowest BCUT2D eigenvalue weighted by Crippen LogP contribution is -2.06. The minimum atomic E-state index is -0.661. The molecule has 20 heavy (non-hydrogen) atoms. The number of nitrogens with two attached hydrogens (primary N) is 1.